The lowest BCUT2D eigenvalue weighted by Gasteiger charge is -2.29. The molecule has 0 radical (unpaired) electrons. The van der Waals surface area contributed by atoms with E-state index in [1.54, 1.807) is 0 Å². The van der Waals surface area contributed by atoms with Crippen LogP contribution in [0.25, 0.3) is 11.0 Å². The van der Waals surface area contributed by atoms with Crippen molar-refractivity contribution in [1.82, 2.24) is 10.1 Å². The molecular weight excluding hydrogens is 356 g/mol. The van der Waals surface area contributed by atoms with Crippen molar-refractivity contribution in [2.75, 3.05) is 19.7 Å². The van der Waals surface area contributed by atoms with Crippen LogP contribution < -0.4 is 4.74 Å². The minimum atomic E-state index is -0.815. The molecule has 28 heavy (non-hydrogen) atoms. The highest BCUT2D eigenvalue weighted by atomic mass is 16.5. The minimum absolute atomic E-state index is 0.0792. The van der Waals surface area contributed by atoms with E-state index in [1.165, 1.54) is 4.90 Å². The number of hydrogen-bond donors (Lipinski definition) is 1. The van der Waals surface area contributed by atoms with Crippen LogP contribution in [0.15, 0.2) is 16.7 Å². The zero-order valence-corrected chi connectivity index (χ0v) is 16.2. The second kappa shape index (κ2) is 7.38. The number of aromatic nitrogens is 1. The number of amides is 1. The molecule has 2 heterocycles. The molecule has 1 aliphatic heterocycles. The highest BCUT2D eigenvalue weighted by Gasteiger charge is 2.42. The van der Waals surface area contributed by atoms with Crippen molar-refractivity contribution < 1.29 is 19.2 Å². The molecule has 2 fully saturated rings. The summed E-state index contributed by atoms with van der Waals surface area (Å²) in [6, 6.07) is 4.00. The zero-order valence-electron chi connectivity index (χ0n) is 16.2. The van der Waals surface area contributed by atoms with Crippen LogP contribution in [-0.2, 0) is 6.42 Å². The molecule has 0 bridgehead atoms. The van der Waals surface area contributed by atoms with Gasteiger partial charge >= 0.3 is 6.09 Å². The van der Waals surface area contributed by atoms with Crippen molar-refractivity contribution >= 4 is 17.1 Å². The molecule has 6 heteroatoms. The molecule has 0 atom stereocenters. The average Bonchev–Trinajstić information content (AvgIpc) is 3.37. The molecule has 1 aromatic carbocycles. The number of rotatable bonds is 6. The van der Waals surface area contributed by atoms with Crippen molar-refractivity contribution in [1.29, 1.82) is 0 Å². The van der Waals surface area contributed by atoms with Gasteiger partial charge in [0.2, 0.25) is 0 Å². The van der Waals surface area contributed by atoms with Gasteiger partial charge in [0.15, 0.2) is 5.58 Å². The van der Waals surface area contributed by atoms with Gasteiger partial charge in [-0.2, -0.15) is 0 Å². The van der Waals surface area contributed by atoms with Gasteiger partial charge in [0.05, 0.1) is 11.1 Å². The SMILES string of the molecule is C#CC1(COc2ccc3c(CCC4CCN(C(=O)O)CC4)noc3c2C)CC1. The second-order valence-electron chi connectivity index (χ2n) is 8.16. The number of carboxylic acid groups (broad SMARTS) is 1. The number of benzene rings is 1. The summed E-state index contributed by atoms with van der Waals surface area (Å²) in [6.45, 7) is 3.78. The van der Waals surface area contributed by atoms with Crippen LogP contribution >= 0.6 is 0 Å². The Morgan fingerprint density at radius 2 is 2.18 bits per heavy atom. The van der Waals surface area contributed by atoms with Crippen molar-refractivity contribution in [2.45, 2.75) is 45.4 Å². The number of ether oxygens (including phenoxy) is 1. The van der Waals surface area contributed by atoms with E-state index in [4.69, 9.17) is 20.8 Å². The molecule has 6 nitrogen and oxygen atoms in total. The molecule has 1 aromatic heterocycles. The van der Waals surface area contributed by atoms with E-state index < -0.39 is 6.09 Å². The third-order valence-corrected chi connectivity index (χ3v) is 6.25. The van der Waals surface area contributed by atoms with Crippen molar-refractivity contribution in [3.8, 4) is 18.1 Å². The van der Waals surface area contributed by atoms with Crippen LogP contribution in [0.5, 0.6) is 5.75 Å². The number of terminal acetylenes is 1. The molecule has 0 unspecified atom stereocenters. The summed E-state index contributed by atoms with van der Waals surface area (Å²) in [4.78, 5) is 12.5. The van der Waals surface area contributed by atoms with Crippen LogP contribution in [0.1, 0.15) is 43.4 Å². The van der Waals surface area contributed by atoms with E-state index in [0.29, 0.717) is 25.6 Å². The molecule has 1 amide bonds. The smallest absolute Gasteiger partial charge is 0.407 e. The number of aryl methyl sites for hydroxylation is 2. The van der Waals surface area contributed by atoms with Gasteiger partial charge in [-0.05, 0) is 63.5 Å². The maximum atomic E-state index is 11.0. The summed E-state index contributed by atoms with van der Waals surface area (Å²) in [5.41, 5.74) is 2.62. The molecule has 1 aliphatic carbocycles. The molecule has 2 aliphatic rings. The van der Waals surface area contributed by atoms with Crippen LogP contribution in [0, 0.1) is 30.6 Å². The Labute approximate surface area is 164 Å². The van der Waals surface area contributed by atoms with Gasteiger partial charge in [-0.1, -0.05) is 11.1 Å². The largest absolute Gasteiger partial charge is 0.492 e. The van der Waals surface area contributed by atoms with E-state index >= 15 is 0 Å². The lowest BCUT2D eigenvalue weighted by Crippen LogP contribution is -2.37. The van der Waals surface area contributed by atoms with Gasteiger partial charge in [0.1, 0.15) is 12.4 Å². The number of hydrogen-bond acceptors (Lipinski definition) is 4. The Bertz CT molecular complexity index is 914. The fourth-order valence-electron chi connectivity index (χ4n) is 3.96. The molecule has 0 spiro atoms. The van der Waals surface area contributed by atoms with Crippen molar-refractivity contribution in [3.63, 3.8) is 0 Å². The predicted molar refractivity (Wildman–Crippen MR) is 105 cm³/mol. The first kappa shape index (κ1) is 18.7. The van der Waals surface area contributed by atoms with E-state index in [-0.39, 0.29) is 5.41 Å². The number of nitrogens with zero attached hydrogens (tertiary/aromatic N) is 2. The van der Waals surface area contributed by atoms with Gasteiger partial charge in [0, 0.05) is 24.0 Å². The number of fused-ring (bicyclic) bond motifs is 1. The Morgan fingerprint density at radius 1 is 1.43 bits per heavy atom. The Morgan fingerprint density at radius 3 is 2.82 bits per heavy atom. The van der Waals surface area contributed by atoms with E-state index in [1.807, 2.05) is 19.1 Å². The topological polar surface area (TPSA) is 75.8 Å². The zero-order chi connectivity index (χ0) is 19.7. The maximum Gasteiger partial charge on any atom is 0.407 e. The van der Waals surface area contributed by atoms with Gasteiger partial charge in [0.25, 0.3) is 0 Å². The monoisotopic (exact) mass is 382 g/mol. The summed E-state index contributed by atoms with van der Waals surface area (Å²) in [5.74, 6) is 4.18. The van der Waals surface area contributed by atoms with Gasteiger partial charge in [-0.25, -0.2) is 4.79 Å². The summed E-state index contributed by atoms with van der Waals surface area (Å²) < 4.78 is 11.6. The summed E-state index contributed by atoms with van der Waals surface area (Å²) in [5, 5.41) is 14.4. The molecule has 148 valence electrons. The molecule has 2 aromatic rings. The number of likely N-dealkylation sites (tertiary alicyclic amines) is 1. The lowest BCUT2D eigenvalue weighted by atomic mass is 9.91. The fraction of sp³-hybridized carbons (Fsp3) is 0.545. The highest BCUT2D eigenvalue weighted by Crippen LogP contribution is 2.45. The van der Waals surface area contributed by atoms with Crippen LogP contribution in [0.2, 0.25) is 0 Å². The summed E-state index contributed by atoms with van der Waals surface area (Å²) >= 11 is 0. The first-order valence-electron chi connectivity index (χ1n) is 9.98. The van der Waals surface area contributed by atoms with Crippen LogP contribution in [0.4, 0.5) is 4.79 Å². The predicted octanol–water partition coefficient (Wildman–Crippen LogP) is 4.25. The third-order valence-electron chi connectivity index (χ3n) is 6.25. The first-order chi connectivity index (χ1) is 13.5. The normalized spacial score (nSPS) is 18.8. The highest BCUT2D eigenvalue weighted by molar-refractivity contribution is 5.84. The molecular formula is C22H26N2O4. The van der Waals surface area contributed by atoms with Crippen molar-refractivity contribution in [3.05, 3.63) is 23.4 Å². The lowest BCUT2D eigenvalue weighted by molar-refractivity contribution is 0.123. The number of piperidine rings is 1. The van der Waals surface area contributed by atoms with Gasteiger partial charge in [-0.15, -0.1) is 6.42 Å². The number of carbonyl (C=O) groups is 1. The quantitative estimate of drug-likeness (QED) is 0.756. The average molecular weight is 382 g/mol. The minimum Gasteiger partial charge on any atom is -0.492 e. The Hall–Kier alpha value is -2.68. The van der Waals surface area contributed by atoms with E-state index in [2.05, 4.69) is 11.1 Å². The van der Waals surface area contributed by atoms with Gasteiger partial charge in [-0.3, -0.25) is 0 Å². The second-order valence-corrected chi connectivity index (χ2v) is 8.16. The Balaban J connectivity index is 1.38. The first-order valence-corrected chi connectivity index (χ1v) is 9.98. The molecule has 1 saturated heterocycles. The van der Waals surface area contributed by atoms with E-state index in [9.17, 15) is 4.79 Å². The maximum absolute atomic E-state index is 11.0. The summed E-state index contributed by atoms with van der Waals surface area (Å²) in [6.07, 6.45) is 10.5. The van der Waals surface area contributed by atoms with Crippen molar-refractivity contribution in [2.24, 2.45) is 11.3 Å². The molecule has 1 saturated carbocycles. The summed E-state index contributed by atoms with van der Waals surface area (Å²) in [7, 11) is 0. The van der Waals surface area contributed by atoms with E-state index in [0.717, 1.165) is 66.5 Å². The third kappa shape index (κ3) is 3.66. The molecule has 4 rings (SSSR count). The van der Waals surface area contributed by atoms with Crippen LogP contribution in [-0.4, -0.2) is 41.0 Å². The Kier molecular flexibility index (Phi) is 4.92. The van der Waals surface area contributed by atoms with Crippen LogP contribution in [0.3, 0.4) is 0 Å². The fourth-order valence-corrected chi connectivity index (χ4v) is 3.96. The standard InChI is InChI=1S/C22H26N2O4/c1-3-22(10-11-22)14-27-19-7-5-17-18(23-28-20(17)15(19)2)6-4-16-8-12-24(13-9-16)21(25)26/h1,5,7,16H,4,6,8-14H2,2H3,(H,25,26). The molecule has 1 N–H and O–H groups in total. The van der Waals surface area contributed by atoms with Gasteiger partial charge < -0.3 is 19.3 Å².